The smallest absolute Gasteiger partial charge is 0.278 e. The Balaban J connectivity index is 1.43. The summed E-state index contributed by atoms with van der Waals surface area (Å²) < 4.78 is 7.51. The highest BCUT2D eigenvalue weighted by Gasteiger charge is 2.30. The van der Waals surface area contributed by atoms with E-state index in [4.69, 9.17) is 9.84 Å². The highest BCUT2D eigenvalue weighted by atomic mass is 16.5. The molecule has 0 unspecified atom stereocenters. The zero-order valence-corrected chi connectivity index (χ0v) is 20.0. The molecule has 0 aliphatic carbocycles. The molecular weight excluding hydrogens is 454 g/mol. The van der Waals surface area contributed by atoms with Crippen molar-refractivity contribution in [3.05, 3.63) is 90.0 Å². The number of nitrogens with one attached hydrogen (secondary N) is 2. The molecule has 1 aliphatic heterocycles. The van der Waals surface area contributed by atoms with Gasteiger partial charge in [-0.3, -0.25) is 9.89 Å². The Morgan fingerprint density at radius 2 is 1.89 bits per heavy atom. The van der Waals surface area contributed by atoms with Crippen LogP contribution in [0.1, 0.15) is 35.5 Å². The first-order valence-electron chi connectivity index (χ1n) is 11.8. The summed E-state index contributed by atoms with van der Waals surface area (Å²) in [5, 5.41) is 14.7. The first kappa shape index (κ1) is 21.8. The van der Waals surface area contributed by atoms with E-state index in [-0.39, 0.29) is 12.0 Å². The van der Waals surface area contributed by atoms with Crippen LogP contribution in [0, 0.1) is 0 Å². The number of anilines is 2. The van der Waals surface area contributed by atoms with E-state index < -0.39 is 0 Å². The summed E-state index contributed by atoms with van der Waals surface area (Å²) in [6, 6.07) is 17.5. The Morgan fingerprint density at radius 3 is 2.61 bits per heavy atom. The molecule has 5 aromatic rings. The largest absolute Gasteiger partial charge is 0.491 e. The number of carbonyl (C=O) groups excluding carboxylic acids is 1. The number of aromatic amines is 1. The average Bonchev–Trinajstić information content (AvgIpc) is 3.61. The number of fused-ring (bicyclic) bond motifs is 2. The van der Waals surface area contributed by atoms with Gasteiger partial charge < -0.3 is 15.0 Å². The molecule has 0 saturated carbocycles. The molecule has 180 valence electrons. The number of hydrogen-bond acceptors (Lipinski definition) is 6. The standard InChI is InChI=1S/C27H25N7O2/c1-17(2)36-22-9-5-8-21(12-22)31-27(35)24-25(33-15-18-6-3-4-7-19(18)16-33)26-28-11-10-23(34(26)32-24)20-13-29-30-14-20/h3-14,17H,15-16H2,1-2H3,(H,29,30)(H,31,35). The Bertz CT molecular complexity index is 1530. The molecule has 1 amide bonds. The van der Waals surface area contributed by atoms with Gasteiger partial charge in [-0.2, -0.15) is 10.2 Å². The summed E-state index contributed by atoms with van der Waals surface area (Å²) >= 11 is 0. The molecule has 0 fully saturated rings. The highest BCUT2D eigenvalue weighted by molar-refractivity contribution is 6.09. The minimum absolute atomic E-state index is 0.0326. The number of rotatable bonds is 6. The number of H-pyrrole nitrogens is 1. The fraction of sp³-hybridized carbons (Fsp3) is 0.185. The maximum absolute atomic E-state index is 13.7. The van der Waals surface area contributed by atoms with Crippen molar-refractivity contribution in [2.75, 3.05) is 10.2 Å². The fourth-order valence-electron chi connectivity index (χ4n) is 4.59. The van der Waals surface area contributed by atoms with Gasteiger partial charge in [0, 0.05) is 42.8 Å². The number of nitrogens with zero attached hydrogens (tertiary/aromatic N) is 5. The van der Waals surface area contributed by atoms with E-state index in [0.29, 0.717) is 41.6 Å². The molecule has 0 spiro atoms. The molecule has 6 rings (SSSR count). The van der Waals surface area contributed by atoms with E-state index in [0.717, 1.165) is 11.3 Å². The van der Waals surface area contributed by atoms with Crippen molar-refractivity contribution in [2.24, 2.45) is 0 Å². The van der Waals surface area contributed by atoms with E-state index in [2.05, 4.69) is 37.5 Å². The lowest BCUT2D eigenvalue weighted by Crippen LogP contribution is -2.20. The molecule has 0 bridgehead atoms. The van der Waals surface area contributed by atoms with Gasteiger partial charge in [0.1, 0.15) is 11.4 Å². The van der Waals surface area contributed by atoms with Crippen LogP contribution in [0.5, 0.6) is 5.75 Å². The van der Waals surface area contributed by atoms with Crippen LogP contribution in [0.25, 0.3) is 16.9 Å². The van der Waals surface area contributed by atoms with Gasteiger partial charge in [-0.1, -0.05) is 30.3 Å². The fourth-order valence-corrected chi connectivity index (χ4v) is 4.59. The molecule has 0 radical (unpaired) electrons. The molecule has 2 aromatic carbocycles. The van der Waals surface area contributed by atoms with Crippen LogP contribution < -0.4 is 15.0 Å². The Morgan fingerprint density at radius 1 is 1.08 bits per heavy atom. The number of aromatic nitrogens is 5. The Hall–Kier alpha value is -4.66. The first-order chi connectivity index (χ1) is 17.6. The van der Waals surface area contributed by atoms with Crippen LogP contribution in [0.3, 0.4) is 0 Å². The van der Waals surface area contributed by atoms with Crippen molar-refractivity contribution in [1.82, 2.24) is 24.8 Å². The summed E-state index contributed by atoms with van der Waals surface area (Å²) in [5.41, 5.74) is 6.35. The molecule has 9 nitrogen and oxygen atoms in total. The molecular formula is C27H25N7O2. The minimum atomic E-state index is -0.314. The van der Waals surface area contributed by atoms with Crippen molar-refractivity contribution in [3.8, 4) is 17.0 Å². The predicted molar refractivity (Wildman–Crippen MR) is 137 cm³/mol. The average molecular weight is 480 g/mol. The molecule has 0 saturated heterocycles. The summed E-state index contributed by atoms with van der Waals surface area (Å²) in [5.74, 6) is 0.378. The summed E-state index contributed by atoms with van der Waals surface area (Å²) in [6.45, 7) is 5.28. The minimum Gasteiger partial charge on any atom is -0.491 e. The van der Waals surface area contributed by atoms with Crippen molar-refractivity contribution < 1.29 is 9.53 Å². The van der Waals surface area contributed by atoms with Crippen LogP contribution in [-0.4, -0.2) is 36.8 Å². The lowest BCUT2D eigenvalue weighted by atomic mass is 10.1. The second kappa shape index (κ2) is 8.84. The number of ether oxygens (including phenoxy) is 1. The van der Waals surface area contributed by atoms with E-state index in [1.807, 2.05) is 56.3 Å². The maximum atomic E-state index is 13.7. The van der Waals surface area contributed by atoms with Gasteiger partial charge >= 0.3 is 0 Å². The van der Waals surface area contributed by atoms with Gasteiger partial charge in [-0.05, 0) is 43.2 Å². The third kappa shape index (κ3) is 3.94. The lowest BCUT2D eigenvalue weighted by Gasteiger charge is -2.17. The van der Waals surface area contributed by atoms with Crippen molar-refractivity contribution >= 4 is 22.9 Å². The molecule has 4 heterocycles. The quantitative estimate of drug-likeness (QED) is 0.367. The second-order valence-electron chi connectivity index (χ2n) is 9.02. The molecule has 3 aromatic heterocycles. The zero-order chi connectivity index (χ0) is 24.6. The van der Waals surface area contributed by atoms with Crippen LogP contribution in [0.15, 0.2) is 73.2 Å². The van der Waals surface area contributed by atoms with Gasteiger partial charge in [0.05, 0.1) is 18.0 Å². The van der Waals surface area contributed by atoms with E-state index in [9.17, 15) is 4.79 Å². The second-order valence-corrected chi connectivity index (χ2v) is 9.02. The number of benzene rings is 2. The van der Waals surface area contributed by atoms with Crippen LogP contribution in [0.2, 0.25) is 0 Å². The maximum Gasteiger partial charge on any atom is 0.278 e. The monoisotopic (exact) mass is 479 g/mol. The van der Waals surface area contributed by atoms with Gasteiger partial charge in [0.2, 0.25) is 0 Å². The van der Waals surface area contributed by atoms with E-state index >= 15 is 0 Å². The Labute approximate surface area is 207 Å². The highest BCUT2D eigenvalue weighted by Crippen LogP contribution is 2.35. The van der Waals surface area contributed by atoms with Crippen molar-refractivity contribution in [3.63, 3.8) is 0 Å². The van der Waals surface area contributed by atoms with E-state index in [1.165, 1.54) is 11.1 Å². The van der Waals surface area contributed by atoms with Crippen LogP contribution >= 0.6 is 0 Å². The van der Waals surface area contributed by atoms with Crippen LogP contribution in [0.4, 0.5) is 11.4 Å². The normalized spacial score (nSPS) is 12.8. The number of carbonyl (C=O) groups is 1. The summed E-state index contributed by atoms with van der Waals surface area (Å²) in [7, 11) is 0. The molecule has 9 heteroatoms. The zero-order valence-electron chi connectivity index (χ0n) is 20.0. The first-order valence-corrected chi connectivity index (χ1v) is 11.8. The molecule has 0 atom stereocenters. The van der Waals surface area contributed by atoms with Crippen molar-refractivity contribution in [1.29, 1.82) is 0 Å². The number of amides is 1. The van der Waals surface area contributed by atoms with Crippen LogP contribution in [-0.2, 0) is 13.1 Å². The number of hydrogen-bond donors (Lipinski definition) is 2. The predicted octanol–water partition coefficient (Wildman–Crippen LogP) is 4.68. The van der Waals surface area contributed by atoms with Crippen molar-refractivity contribution in [2.45, 2.75) is 33.0 Å². The van der Waals surface area contributed by atoms with E-state index in [1.54, 1.807) is 23.1 Å². The molecule has 36 heavy (non-hydrogen) atoms. The Kier molecular flexibility index (Phi) is 5.37. The molecule has 1 aliphatic rings. The molecule has 2 N–H and O–H groups in total. The van der Waals surface area contributed by atoms with Gasteiger partial charge in [0.15, 0.2) is 11.3 Å². The summed E-state index contributed by atoms with van der Waals surface area (Å²) in [6.07, 6.45) is 5.29. The topological polar surface area (TPSA) is 100 Å². The SMILES string of the molecule is CC(C)Oc1cccc(NC(=O)c2nn3c(-c4cn[nH]c4)ccnc3c2N2Cc3ccccc3C2)c1. The third-order valence-electron chi connectivity index (χ3n) is 6.12. The van der Waals surface area contributed by atoms with Gasteiger partial charge in [-0.25, -0.2) is 9.50 Å². The third-order valence-corrected chi connectivity index (χ3v) is 6.12. The lowest BCUT2D eigenvalue weighted by molar-refractivity contribution is 0.102. The van der Waals surface area contributed by atoms with Gasteiger partial charge in [-0.15, -0.1) is 0 Å². The summed E-state index contributed by atoms with van der Waals surface area (Å²) in [4.78, 5) is 20.5. The van der Waals surface area contributed by atoms with Gasteiger partial charge in [0.25, 0.3) is 5.91 Å².